The Morgan fingerprint density at radius 1 is 1.24 bits per heavy atom. The summed E-state index contributed by atoms with van der Waals surface area (Å²) in [7, 11) is 0. The highest BCUT2D eigenvalue weighted by Crippen LogP contribution is 2.15. The zero-order valence-corrected chi connectivity index (χ0v) is 13.8. The molecule has 9 heteroatoms. The molecule has 1 saturated heterocycles. The lowest BCUT2D eigenvalue weighted by Gasteiger charge is -2.27. The fraction of sp³-hybridized carbons (Fsp3) is 0.500. The third kappa shape index (κ3) is 3.40. The Morgan fingerprint density at radius 3 is 2.67 bits per heavy atom. The van der Waals surface area contributed by atoms with Crippen molar-refractivity contribution >= 4 is 34.5 Å². The maximum absolute atomic E-state index is 5.37. The first-order chi connectivity index (χ1) is 10.3. The summed E-state index contributed by atoms with van der Waals surface area (Å²) in [5, 5.41) is 7.40. The van der Waals surface area contributed by atoms with Crippen LogP contribution in [-0.4, -0.2) is 57.6 Å². The summed E-state index contributed by atoms with van der Waals surface area (Å²) in [5.74, 6) is 1.74. The molecule has 0 bridgehead atoms. The average Bonchev–Trinajstić information content (AvgIpc) is 2.95. The van der Waals surface area contributed by atoms with E-state index in [4.69, 9.17) is 4.74 Å². The van der Waals surface area contributed by atoms with Gasteiger partial charge in [-0.1, -0.05) is 0 Å². The fourth-order valence-corrected chi connectivity index (χ4v) is 2.40. The van der Waals surface area contributed by atoms with Crippen LogP contribution in [0.5, 0.6) is 0 Å². The van der Waals surface area contributed by atoms with Gasteiger partial charge in [0.2, 0.25) is 11.9 Å². The van der Waals surface area contributed by atoms with Gasteiger partial charge in [0.1, 0.15) is 0 Å². The lowest BCUT2D eigenvalue weighted by atomic mass is 10.4. The molecule has 0 unspecified atom stereocenters. The van der Waals surface area contributed by atoms with E-state index >= 15 is 0 Å². The maximum Gasteiger partial charge on any atom is 0.257 e. The first-order valence-corrected chi connectivity index (χ1v) is 7.87. The molecule has 0 atom stereocenters. The molecule has 3 rings (SSSR count). The smallest absolute Gasteiger partial charge is 0.257 e. The number of halogens is 1. The van der Waals surface area contributed by atoms with Crippen molar-refractivity contribution < 1.29 is 4.74 Å². The molecule has 0 amide bonds. The highest BCUT2D eigenvalue weighted by molar-refractivity contribution is 14.1. The SMILES string of the molecule is CCNc1nc(N2CCOCC2)nc(-n2cc(I)cn2)n1. The summed E-state index contributed by atoms with van der Waals surface area (Å²) >= 11 is 2.21. The van der Waals surface area contributed by atoms with Gasteiger partial charge in [-0.25, -0.2) is 4.68 Å². The Hall–Kier alpha value is -1.49. The van der Waals surface area contributed by atoms with Gasteiger partial charge >= 0.3 is 0 Å². The van der Waals surface area contributed by atoms with Crippen LogP contribution < -0.4 is 10.2 Å². The fourth-order valence-electron chi connectivity index (χ4n) is 2.01. The minimum Gasteiger partial charge on any atom is -0.378 e. The first-order valence-electron chi connectivity index (χ1n) is 6.79. The zero-order valence-electron chi connectivity index (χ0n) is 11.7. The molecule has 2 aromatic rings. The molecule has 1 fully saturated rings. The first kappa shape index (κ1) is 14.4. The Labute approximate surface area is 136 Å². The second kappa shape index (κ2) is 6.52. The Morgan fingerprint density at radius 2 is 2.00 bits per heavy atom. The van der Waals surface area contributed by atoms with Gasteiger partial charge < -0.3 is 15.0 Å². The molecular weight excluding hydrogens is 385 g/mol. The van der Waals surface area contributed by atoms with Crippen LogP contribution in [0.1, 0.15) is 6.92 Å². The molecule has 0 radical (unpaired) electrons. The highest BCUT2D eigenvalue weighted by atomic mass is 127. The van der Waals surface area contributed by atoms with Crippen molar-refractivity contribution in [3.05, 3.63) is 16.0 Å². The Bertz CT molecular complexity index is 611. The number of aromatic nitrogens is 5. The van der Waals surface area contributed by atoms with Gasteiger partial charge in [0.05, 0.1) is 23.0 Å². The predicted molar refractivity (Wildman–Crippen MR) is 86.9 cm³/mol. The van der Waals surface area contributed by atoms with E-state index in [1.807, 2.05) is 13.1 Å². The van der Waals surface area contributed by atoms with Crippen LogP contribution in [0.2, 0.25) is 0 Å². The largest absolute Gasteiger partial charge is 0.378 e. The standard InChI is InChI=1S/C12H16IN7O/c1-2-14-10-16-11(19-3-5-21-6-4-19)18-12(17-10)20-8-9(13)7-15-20/h7-8H,2-6H2,1H3,(H,14,16,17,18). The molecule has 1 aliphatic rings. The van der Waals surface area contributed by atoms with Gasteiger partial charge in [0.25, 0.3) is 5.95 Å². The highest BCUT2D eigenvalue weighted by Gasteiger charge is 2.17. The van der Waals surface area contributed by atoms with Gasteiger partial charge in [0, 0.05) is 25.8 Å². The second-order valence-electron chi connectivity index (χ2n) is 4.49. The van der Waals surface area contributed by atoms with E-state index in [0.717, 1.165) is 23.2 Å². The average molecular weight is 401 g/mol. The molecule has 1 N–H and O–H groups in total. The molecule has 21 heavy (non-hydrogen) atoms. The van der Waals surface area contributed by atoms with E-state index in [2.05, 4.69) is 52.9 Å². The molecule has 0 saturated carbocycles. The molecular formula is C12H16IN7O. The maximum atomic E-state index is 5.37. The van der Waals surface area contributed by atoms with Crippen LogP contribution in [-0.2, 0) is 4.74 Å². The van der Waals surface area contributed by atoms with Crippen LogP contribution in [0, 0.1) is 3.57 Å². The molecule has 0 aromatic carbocycles. The van der Waals surface area contributed by atoms with E-state index in [1.165, 1.54) is 0 Å². The summed E-state index contributed by atoms with van der Waals surface area (Å²) in [6.45, 7) is 5.71. The van der Waals surface area contributed by atoms with Crippen LogP contribution in [0.3, 0.4) is 0 Å². The number of ether oxygens (including phenoxy) is 1. The molecule has 2 aromatic heterocycles. The second-order valence-corrected chi connectivity index (χ2v) is 5.74. The number of morpholine rings is 1. The summed E-state index contributed by atoms with van der Waals surface area (Å²) in [4.78, 5) is 15.5. The van der Waals surface area contributed by atoms with Crippen molar-refractivity contribution in [1.29, 1.82) is 0 Å². The summed E-state index contributed by atoms with van der Waals surface area (Å²) in [6.07, 6.45) is 3.65. The van der Waals surface area contributed by atoms with E-state index in [1.54, 1.807) is 10.9 Å². The van der Waals surface area contributed by atoms with Gasteiger partial charge in [0.15, 0.2) is 0 Å². The van der Waals surface area contributed by atoms with Gasteiger partial charge in [-0.15, -0.1) is 0 Å². The summed E-state index contributed by atoms with van der Waals surface area (Å²) < 4.78 is 8.06. The topological polar surface area (TPSA) is 81.0 Å². The Balaban J connectivity index is 1.96. The van der Waals surface area contributed by atoms with E-state index < -0.39 is 0 Å². The quantitative estimate of drug-likeness (QED) is 0.764. The van der Waals surface area contributed by atoms with Crippen molar-refractivity contribution in [2.24, 2.45) is 0 Å². The van der Waals surface area contributed by atoms with E-state index in [0.29, 0.717) is 31.1 Å². The van der Waals surface area contributed by atoms with Gasteiger partial charge in [-0.05, 0) is 29.5 Å². The van der Waals surface area contributed by atoms with Gasteiger partial charge in [-0.3, -0.25) is 0 Å². The molecule has 8 nitrogen and oxygen atoms in total. The molecule has 1 aliphatic heterocycles. The van der Waals surface area contributed by atoms with Gasteiger partial charge in [-0.2, -0.15) is 20.1 Å². The minimum atomic E-state index is 0.519. The van der Waals surface area contributed by atoms with Crippen LogP contribution in [0.4, 0.5) is 11.9 Å². The number of hydrogen-bond donors (Lipinski definition) is 1. The molecule has 0 aliphatic carbocycles. The zero-order chi connectivity index (χ0) is 14.7. The van der Waals surface area contributed by atoms with E-state index in [-0.39, 0.29) is 0 Å². The predicted octanol–water partition coefficient (Wildman–Crippen LogP) is 0.930. The number of rotatable bonds is 4. The van der Waals surface area contributed by atoms with Crippen LogP contribution in [0.15, 0.2) is 12.4 Å². The normalized spacial score (nSPS) is 15.2. The van der Waals surface area contributed by atoms with Crippen LogP contribution in [0.25, 0.3) is 5.95 Å². The van der Waals surface area contributed by atoms with Crippen molar-refractivity contribution in [3.8, 4) is 5.95 Å². The molecule has 0 spiro atoms. The third-order valence-electron chi connectivity index (χ3n) is 3.00. The van der Waals surface area contributed by atoms with Crippen molar-refractivity contribution in [2.45, 2.75) is 6.92 Å². The van der Waals surface area contributed by atoms with E-state index in [9.17, 15) is 0 Å². The summed E-state index contributed by atoms with van der Waals surface area (Å²) in [6, 6.07) is 0. The van der Waals surface area contributed by atoms with Crippen LogP contribution >= 0.6 is 22.6 Å². The van der Waals surface area contributed by atoms with Crippen molar-refractivity contribution in [3.63, 3.8) is 0 Å². The molecule has 112 valence electrons. The Kier molecular flexibility index (Phi) is 4.48. The summed E-state index contributed by atoms with van der Waals surface area (Å²) in [5.41, 5.74) is 0. The van der Waals surface area contributed by atoms with Crippen molar-refractivity contribution in [1.82, 2.24) is 24.7 Å². The third-order valence-corrected chi connectivity index (χ3v) is 3.55. The number of nitrogens with one attached hydrogen (secondary N) is 1. The molecule has 3 heterocycles. The number of hydrogen-bond acceptors (Lipinski definition) is 7. The lowest BCUT2D eigenvalue weighted by molar-refractivity contribution is 0.122. The number of anilines is 2. The minimum absolute atomic E-state index is 0.519. The number of nitrogens with zero attached hydrogens (tertiary/aromatic N) is 6. The lowest BCUT2D eigenvalue weighted by Crippen LogP contribution is -2.37. The monoisotopic (exact) mass is 401 g/mol. The van der Waals surface area contributed by atoms with Crippen molar-refractivity contribution in [2.75, 3.05) is 43.1 Å².